The van der Waals surface area contributed by atoms with Crippen molar-refractivity contribution in [3.8, 4) is 0 Å². The van der Waals surface area contributed by atoms with Gasteiger partial charge in [0.15, 0.2) is 0 Å². The predicted octanol–water partition coefficient (Wildman–Crippen LogP) is 1.66. The molecular weight excluding hydrogens is 236 g/mol. The van der Waals surface area contributed by atoms with Crippen LogP contribution in [0.1, 0.15) is 32.1 Å². The third kappa shape index (κ3) is 3.11. The summed E-state index contributed by atoms with van der Waals surface area (Å²) < 4.78 is 0. The molecule has 0 spiro atoms. The van der Waals surface area contributed by atoms with Crippen LogP contribution in [0, 0.1) is 5.92 Å². The first-order chi connectivity index (χ1) is 9.35. The Morgan fingerprint density at radius 2 is 2.16 bits per heavy atom. The highest BCUT2D eigenvalue weighted by Crippen LogP contribution is 2.26. The fourth-order valence-electron chi connectivity index (χ4n) is 3.49. The van der Waals surface area contributed by atoms with Gasteiger partial charge in [-0.25, -0.2) is 4.99 Å². The molecule has 4 nitrogen and oxygen atoms in total. The third-order valence-electron chi connectivity index (χ3n) is 4.74. The smallest absolute Gasteiger partial charge is 0.127 e. The molecule has 106 valence electrons. The van der Waals surface area contributed by atoms with Crippen LogP contribution < -0.4 is 5.32 Å². The molecule has 1 saturated carbocycles. The summed E-state index contributed by atoms with van der Waals surface area (Å²) in [5.74, 6) is 2.09. The number of nitrogens with zero attached hydrogens (tertiary/aromatic N) is 3. The second kappa shape index (κ2) is 5.95. The van der Waals surface area contributed by atoms with Gasteiger partial charge in [-0.15, -0.1) is 0 Å². The van der Waals surface area contributed by atoms with E-state index in [0.29, 0.717) is 6.04 Å². The van der Waals surface area contributed by atoms with E-state index in [1.165, 1.54) is 44.5 Å². The van der Waals surface area contributed by atoms with Crippen LogP contribution in [0.25, 0.3) is 0 Å². The van der Waals surface area contributed by atoms with Gasteiger partial charge in [0.2, 0.25) is 0 Å². The van der Waals surface area contributed by atoms with E-state index < -0.39 is 0 Å². The van der Waals surface area contributed by atoms with E-state index in [4.69, 9.17) is 4.99 Å². The highest BCUT2D eigenvalue weighted by Gasteiger charge is 2.24. The summed E-state index contributed by atoms with van der Waals surface area (Å²) in [7, 11) is 2.05. The molecule has 1 saturated heterocycles. The lowest BCUT2D eigenvalue weighted by Gasteiger charge is -2.28. The normalized spacial score (nSPS) is 28.3. The topological polar surface area (TPSA) is 30.9 Å². The van der Waals surface area contributed by atoms with Gasteiger partial charge in [-0.1, -0.05) is 12.8 Å². The Morgan fingerprint density at radius 3 is 2.79 bits per heavy atom. The van der Waals surface area contributed by atoms with Crippen LogP contribution in [0.15, 0.2) is 17.3 Å². The van der Waals surface area contributed by atoms with E-state index in [2.05, 4.69) is 34.4 Å². The molecule has 0 radical (unpaired) electrons. The Bertz CT molecular complexity index is 357. The summed E-state index contributed by atoms with van der Waals surface area (Å²) in [5.41, 5.74) is 0. The Hall–Kier alpha value is -1.03. The van der Waals surface area contributed by atoms with Crippen molar-refractivity contribution in [1.29, 1.82) is 0 Å². The molecule has 2 heterocycles. The number of rotatable bonds is 3. The maximum atomic E-state index is 4.76. The summed E-state index contributed by atoms with van der Waals surface area (Å²) >= 11 is 0. The van der Waals surface area contributed by atoms with E-state index >= 15 is 0 Å². The van der Waals surface area contributed by atoms with Crippen LogP contribution >= 0.6 is 0 Å². The Morgan fingerprint density at radius 1 is 1.32 bits per heavy atom. The van der Waals surface area contributed by atoms with Gasteiger partial charge in [-0.2, -0.15) is 0 Å². The number of likely N-dealkylation sites (tertiary alicyclic amines) is 1. The number of likely N-dealkylation sites (N-methyl/N-ethyl adjacent to an activating group) is 1. The van der Waals surface area contributed by atoms with Gasteiger partial charge in [0.25, 0.3) is 0 Å². The molecule has 0 unspecified atom stereocenters. The van der Waals surface area contributed by atoms with Crippen molar-refractivity contribution < 1.29 is 0 Å². The van der Waals surface area contributed by atoms with Crippen LogP contribution in [0.4, 0.5) is 0 Å². The summed E-state index contributed by atoms with van der Waals surface area (Å²) in [5, 5.41) is 3.36. The minimum atomic E-state index is 0.632. The van der Waals surface area contributed by atoms with Crippen LogP contribution in [-0.2, 0) is 0 Å². The number of hydrogen-bond donors (Lipinski definition) is 1. The number of nitrogens with one attached hydrogen (secondary N) is 1. The Labute approximate surface area is 116 Å². The molecular formula is C15H26N4. The molecule has 3 aliphatic rings. The van der Waals surface area contributed by atoms with Crippen molar-refractivity contribution >= 4 is 5.84 Å². The number of aliphatic imine (C=N–C) groups is 1. The van der Waals surface area contributed by atoms with Crippen molar-refractivity contribution in [2.75, 3.05) is 33.4 Å². The van der Waals surface area contributed by atoms with Crippen molar-refractivity contribution in [2.24, 2.45) is 10.9 Å². The molecule has 3 rings (SSSR count). The predicted molar refractivity (Wildman–Crippen MR) is 79.1 cm³/mol. The second-order valence-electron chi connectivity index (χ2n) is 6.12. The van der Waals surface area contributed by atoms with Gasteiger partial charge in [-0.05, 0) is 38.3 Å². The second-order valence-corrected chi connectivity index (χ2v) is 6.12. The van der Waals surface area contributed by atoms with Gasteiger partial charge in [0.1, 0.15) is 12.5 Å². The first-order valence-electron chi connectivity index (χ1n) is 7.74. The van der Waals surface area contributed by atoms with Crippen LogP contribution in [-0.4, -0.2) is 55.0 Å². The summed E-state index contributed by atoms with van der Waals surface area (Å²) in [6.45, 7) is 4.29. The molecule has 2 fully saturated rings. The fraction of sp³-hybridized carbons (Fsp3) is 0.800. The number of hydrogen-bond acceptors (Lipinski definition) is 4. The minimum Gasteiger partial charge on any atom is -0.358 e. The van der Waals surface area contributed by atoms with E-state index in [1.54, 1.807) is 0 Å². The van der Waals surface area contributed by atoms with Crippen LogP contribution in [0.2, 0.25) is 0 Å². The highest BCUT2D eigenvalue weighted by atomic mass is 15.3. The van der Waals surface area contributed by atoms with Crippen molar-refractivity contribution in [3.63, 3.8) is 0 Å². The molecule has 4 heteroatoms. The zero-order chi connectivity index (χ0) is 13.1. The van der Waals surface area contributed by atoms with E-state index in [1.807, 2.05) is 0 Å². The first kappa shape index (κ1) is 13.0. The standard InChI is InChI=1S/C15H26N4/c1-16-14-6-9-19(11-14)15-7-8-18(12-17-15)10-13-4-2-3-5-13/h7-8,13-14,16H,2-6,9-12H2,1H3/t14-/m1/s1. The van der Waals surface area contributed by atoms with E-state index in [0.717, 1.165) is 25.7 Å². The fourth-order valence-corrected chi connectivity index (χ4v) is 3.49. The molecule has 0 bridgehead atoms. The van der Waals surface area contributed by atoms with Gasteiger partial charge >= 0.3 is 0 Å². The zero-order valence-electron chi connectivity index (χ0n) is 12.0. The average molecular weight is 262 g/mol. The lowest BCUT2D eigenvalue weighted by molar-refractivity contribution is 0.311. The van der Waals surface area contributed by atoms with Gasteiger partial charge in [-0.3, -0.25) is 0 Å². The van der Waals surface area contributed by atoms with E-state index in [-0.39, 0.29) is 0 Å². The molecule has 0 aromatic heterocycles. The Balaban J connectivity index is 1.49. The monoisotopic (exact) mass is 262 g/mol. The molecule has 1 aliphatic carbocycles. The van der Waals surface area contributed by atoms with Crippen LogP contribution in [0.5, 0.6) is 0 Å². The molecule has 19 heavy (non-hydrogen) atoms. The zero-order valence-corrected chi connectivity index (χ0v) is 12.0. The molecule has 0 amide bonds. The molecule has 1 N–H and O–H groups in total. The van der Waals surface area contributed by atoms with Gasteiger partial charge in [0, 0.05) is 31.9 Å². The number of amidine groups is 1. The lowest BCUT2D eigenvalue weighted by atomic mass is 10.1. The molecule has 0 aromatic carbocycles. The maximum Gasteiger partial charge on any atom is 0.127 e. The summed E-state index contributed by atoms with van der Waals surface area (Å²) in [4.78, 5) is 9.54. The largest absolute Gasteiger partial charge is 0.358 e. The van der Waals surface area contributed by atoms with Crippen molar-refractivity contribution in [2.45, 2.75) is 38.1 Å². The van der Waals surface area contributed by atoms with Crippen LogP contribution in [0.3, 0.4) is 0 Å². The van der Waals surface area contributed by atoms with Crippen molar-refractivity contribution in [1.82, 2.24) is 15.1 Å². The summed E-state index contributed by atoms with van der Waals surface area (Å²) in [6, 6.07) is 0.632. The van der Waals surface area contributed by atoms with E-state index in [9.17, 15) is 0 Å². The SMILES string of the molecule is CN[C@@H]1CCN(C2=NCN(CC3CCCC3)C=C2)C1. The quantitative estimate of drug-likeness (QED) is 0.839. The lowest BCUT2D eigenvalue weighted by Crippen LogP contribution is -2.36. The summed E-state index contributed by atoms with van der Waals surface area (Å²) in [6.07, 6.45) is 11.4. The maximum absolute atomic E-state index is 4.76. The third-order valence-corrected chi connectivity index (χ3v) is 4.74. The van der Waals surface area contributed by atoms with Gasteiger partial charge < -0.3 is 15.1 Å². The van der Waals surface area contributed by atoms with Gasteiger partial charge in [0.05, 0.1) is 0 Å². The first-order valence-corrected chi connectivity index (χ1v) is 7.74. The average Bonchev–Trinajstić information content (AvgIpc) is 3.10. The molecule has 1 atom stereocenters. The minimum absolute atomic E-state index is 0.632. The highest BCUT2D eigenvalue weighted by molar-refractivity contribution is 5.93. The molecule has 2 aliphatic heterocycles. The van der Waals surface area contributed by atoms with Crippen molar-refractivity contribution in [3.05, 3.63) is 12.3 Å². The Kier molecular flexibility index (Phi) is 4.06. The molecule has 0 aromatic rings.